The van der Waals surface area contributed by atoms with E-state index in [0.717, 1.165) is 72.3 Å². The van der Waals surface area contributed by atoms with Crippen LogP contribution in [0.3, 0.4) is 0 Å². The Hall–Kier alpha value is -5.42. The average Bonchev–Trinajstić information content (AvgIpc) is 3.53. The minimum Gasteiger partial charge on any atom is -0.457 e. The summed E-state index contributed by atoms with van der Waals surface area (Å²) in [7, 11) is 0. The fourth-order valence-electron chi connectivity index (χ4n) is 5.46. The minimum atomic E-state index is 0.742. The molecular weight excluding hydrogens is 482 g/mol. The molecule has 4 heterocycles. The van der Waals surface area contributed by atoms with E-state index in [1.54, 1.807) is 6.20 Å². The molecule has 0 unspecified atom stereocenters. The van der Waals surface area contributed by atoms with Crippen molar-refractivity contribution in [3.8, 4) is 28.4 Å². The zero-order chi connectivity index (χ0) is 25.8. The van der Waals surface area contributed by atoms with E-state index in [-0.39, 0.29) is 0 Å². The van der Waals surface area contributed by atoms with Crippen molar-refractivity contribution in [1.82, 2.24) is 14.5 Å². The van der Waals surface area contributed by atoms with E-state index < -0.39 is 0 Å². The molecule has 0 aliphatic carbocycles. The molecule has 4 aromatic heterocycles. The second-order valence-corrected chi connectivity index (χ2v) is 9.49. The Morgan fingerprint density at radius 3 is 2.31 bits per heavy atom. The molecule has 0 bridgehead atoms. The molecule has 0 amide bonds. The number of aromatic nitrogens is 3. The molecule has 0 atom stereocenters. The Morgan fingerprint density at radius 2 is 1.41 bits per heavy atom. The predicted octanol–water partition coefficient (Wildman–Crippen LogP) is 8.93. The summed E-state index contributed by atoms with van der Waals surface area (Å²) in [6, 6.07) is 38.6. The molecule has 0 radical (unpaired) electrons. The Balaban J connectivity index is 1.29. The molecule has 8 aromatic rings. The van der Waals surface area contributed by atoms with E-state index >= 15 is 0 Å². The second-order valence-electron chi connectivity index (χ2n) is 9.49. The van der Waals surface area contributed by atoms with Gasteiger partial charge in [-0.05, 0) is 48.5 Å². The fourth-order valence-corrected chi connectivity index (χ4v) is 5.46. The van der Waals surface area contributed by atoms with Gasteiger partial charge >= 0.3 is 0 Å². The van der Waals surface area contributed by atoms with Gasteiger partial charge in [-0.25, -0.2) is 4.98 Å². The van der Waals surface area contributed by atoms with E-state index in [9.17, 15) is 0 Å². The molecule has 0 fully saturated rings. The lowest BCUT2D eigenvalue weighted by Crippen LogP contribution is -1.96. The van der Waals surface area contributed by atoms with Crippen molar-refractivity contribution in [2.45, 2.75) is 0 Å². The molecule has 5 nitrogen and oxygen atoms in total. The Kier molecular flexibility index (Phi) is 4.76. The Bertz CT molecular complexity index is 2160. The largest absolute Gasteiger partial charge is 0.457 e. The summed E-state index contributed by atoms with van der Waals surface area (Å²) in [4.78, 5) is 9.37. The molecule has 39 heavy (non-hydrogen) atoms. The third-order valence-electron chi connectivity index (χ3n) is 7.13. The van der Waals surface area contributed by atoms with Crippen molar-refractivity contribution in [1.29, 1.82) is 0 Å². The maximum atomic E-state index is 6.34. The van der Waals surface area contributed by atoms with Crippen LogP contribution in [-0.2, 0) is 0 Å². The van der Waals surface area contributed by atoms with Crippen LogP contribution in [0.1, 0.15) is 0 Å². The van der Waals surface area contributed by atoms with Gasteiger partial charge in [-0.3, -0.25) is 9.55 Å². The van der Waals surface area contributed by atoms with Crippen LogP contribution in [0, 0.1) is 0 Å². The standard InChI is InChI=1S/C34H21N3O2/c1-3-16-29-26(13-1)33-32-27-14-2-4-17-30(27)39-31(32)21-36-34(33)37(29)23-10-8-12-25(20-23)38-24-11-7-9-22(19-24)28-15-5-6-18-35-28/h1-21H. The first-order valence-corrected chi connectivity index (χ1v) is 12.8. The van der Waals surface area contributed by atoms with E-state index in [4.69, 9.17) is 14.1 Å². The number of hydrogen-bond donors (Lipinski definition) is 0. The van der Waals surface area contributed by atoms with Crippen molar-refractivity contribution in [2.75, 3.05) is 0 Å². The number of ether oxygens (including phenoxy) is 1. The van der Waals surface area contributed by atoms with Crippen molar-refractivity contribution >= 4 is 43.9 Å². The quantitative estimate of drug-likeness (QED) is 0.241. The first-order chi connectivity index (χ1) is 19.3. The normalized spacial score (nSPS) is 11.6. The second kappa shape index (κ2) is 8.57. The molecule has 0 saturated heterocycles. The Labute approximate surface area is 223 Å². The van der Waals surface area contributed by atoms with Crippen molar-refractivity contribution in [3.63, 3.8) is 0 Å². The highest BCUT2D eigenvalue weighted by Crippen LogP contribution is 2.40. The summed E-state index contributed by atoms with van der Waals surface area (Å²) in [6.45, 7) is 0. The lowest BCUT2D eigenvalue weighted by Gasteiger charge is -2.11. The molecule has 4 aromatic carbocycles. The van der Waals surface area contributed by atoms with Crippen LogP contribution in [0.15, 0.2) is 132 Å². The van der Waals surface area contributed by atoms with Crippen LogP contribution in [0.4, 0.5) is 0 Å². The number of fused-ring (bicyclic) bond motifs is 7. The number of para-hydroxylation sites is 2. The Morgan fingerprint density at radius 1 is 0.615 bits per heavy atom. The summed E-state index contributed by atoms with van der Waals surface area (Å²) in [6.07, 6.45) is 3.63. The van der Waals surface area contributed by atoms with Gasteiger partial charge in [0.2, 0.25) is 0 Å². The molecule has 0 spiro atoms. The van der Waals surface area contributed by atoms with Gasteiger partial charge in [0.15, 0.2) is 5.58 Å². The monoisotopic (exact) mass is 503 g/mol. The average molecular weight is 504 g/mol. The maximum Gasteiger partial charge on any atom is 0.154 e. The summed E-state index contributed by atoms with van der Waals surface area (Å²) in [5.74, 6) is 1.49. The van der Waals surface area contributed by atoms with Crippen LogP contribution in [0.5, 0.6) is 11.5 Å². The van der Waals surface area contributed by atoms with Gasteiger partial charge in [0.05, 0.1) is 23.1 Å². The molecule has 184 valence electrons. The number of rotatable bonds is 4. The summed E-state index contributed by atoms with van der Waals surface area (Å²) < 4.78 is 14.7. The fraction of sp³-hybridized carbons (Fsp3) is 0. The molecule has 0 saturated carbocycles. The molecule has 0 aliphatic rings. The molecule has 5 heteroatoms. The first kappa shape index (κ1) is 21.6. The summed E-state index contributed by atoms with van der Waals surface area (Å²) in [5.41, 5.74) is 6.49. The number of hydrogen-bond acceptors (Lipinski definition) is 4. The van der Waals surface area contributed by atoms with Gasteiger partial charge < -0.3 is 9.15 Å². The smallest absolute Gasteiger partial charge is 0.154 e. The van der Waals surface area contributed by atoms with E-state index in [1.165, 1.54) is 0 Å². The lowest BCUT2D eigenvalue weighted by molar-refractivity contribution is 0.482. The van der Waals surface area contributed by atoms with Gasteiger partial charge in [0, 0.05) is 39.4 Å². The zero-order valence-electron chi connectivity index (χ0n) is 20.8. The summed E-state index contributed by atoms with van der Waals surface area (Å²) >= 11 is 0. The van der Waals surface area contributed by atoms with Crippen molar-refractivity contribution in [3.05, 3.63) is 128 Å². The van der Waals surface area contributed by atoms with Crippen LogP contribution in [-0.4, -0.2) is 14.5 Å². The van der Waals surface area contributed by atoms with Crippen LogP contribution in [0.25, 0.3) is 60.8 Å². The third-order valence-corrected chi connectivity index (χ3v) is 7.13. The number of pyridine rings is 2. The molecular formula is C34H21N3O2. The number of furan rings is 1. The topological polar surface area (TPSA) is 53.1 Å². The van der Waals surface area contributed by atoms with Crippen molar-refractivity contribution in [2.24, 2.45) is 0 Å². The molecule has 8 rings (SSSR count). The van der Waals surface area contributed by atoms with Crippen LogP contribution < -0.4 is 4.74 Å². The van der Waals surface area contributed by atoms with Crippen LogP contribution in [0.2, 0.25) is 0 Å². The van der Waals surface area contributed by atoms with Gasteiger partial charge in [0.25, 0.3) is 0 Å². The van der Waals surface area contributed by atoms with Gasteiger partial charge in [-0.2, -0.15) is 0 Å². The van der Waals surface area contributed by atoms with E-state index in [1.807, 2.05) is 79.0 Å². The van der Waals surface area contributed by atoms with Crippen molar-refractivity contribution < 1.29 is 9.15 Å². The maximum absolute atomic E-state index is 6.34. The van der Waals surface area contributed by atoms with Gasteiger partial charge in [-0.1, -0.05) is 60.7 Å². The lowest BCUT2D eigenvalue weighted by atomic mass is 10.1. The van der Waals surface area contributed by atoms with E-state index in [0.29, 0.717) is 0 Å². The summed E-state index contributed by atoms with van der Waals surface area (Å²) in [5, 5.41) is 4.39. The number of nitrogens with zero attached hydrogens (tertiary/aromatic N) is 3. The zero-order valence-corrected chi connectivity index (χ0v) is 20.8. The minimum absolute atomic E-state index is 0.742. The van der Waals surface area contributed by atoms with Crippen LogP contribution >= 0.6 is 0 Å². The SMILES string of the molecule is c1ccc(-c2cccc(Oc3cccc(-n4c5ccccc5c5c6c(cnc54)oc4ccccc46)c3)c2)nc1. The molecule has 0 aliphatic heterocycles. The highest BCUT2D eigenvalue weighted by atomic mass is 16.5. The van der Waals surface area contributed by atoms with E-state index in [2.05, 4.69) is 52.0 Å². The van der Waals surface area contributed by atoms with Gasteiger partial charge in [-0.15, -0.1) is 0 Å². The molecule has 0 N–H and O–H groups in total. The highest BCUT2D eigenvalue weighted by molar-refractivity contribution is 6.26. The third kappa shape index (κ3) is 3.48. The predicted molar refractivity (Wildman–Crippen MR) is 156 cm³/mol. The van der Waals surface area contributed by atoms with Gasteiger partial charge in [0.1, 0.15) is 22.7 Å². The number of benzene rings is 4. The first-order valence-electron chi connectivity index (χ1n) is 12.8. The highest BCUT2D eigenvalue weighted by Gasteiger charge is 2.19.